The Hall–Kier alpha value is -1.59. The highest BCUT2D eigenvalue weighted by molar-refractivity contribution is 5.67. The molecule has 0 aromatic carbocycles. The van der Waals surface area contributed by atoms with Crippen LogP contribution in [0.1, 0.15) is 27.7 Å². The van der Waals surface area contributed by atoms with E-state index in [2.05, 4.69) is 0 Å². The molecule has 0 rings (SSSR count). The Bertz CT molecular complexity index is 286. The Balaban J connectivity index is 4.27. The standard InChI is InChI=1S/C11H18O6/c1-7(5-15-8(2)12)11(17-10(4)14)6-16-9(3)13/h7,11H,5-6H2,1-4H3/t7-,11-/m1/s1. The molecule has 0 bridgehead atoms. The van der Waals surface area contributed by atoms with Gasteiger partial charge in [-0.3, -0.25) is 14.4 Å². The topological polar surface area (TPSA) is 78.9 Å². The average molecular weight is 246 g/mol. The van der Waals surface area contributed by atoms with Gasteiger partial charge >= 0.3 is 17.9 Å². The van der Waals surface area contributed by atoms with E-state index < -0.39 is 24.0 Å². The lowest BCUT2D eigenvalue weighted by molar-refractivity contribution is -0.162. The van der Waals surface area contributed by atoms with Gasteiger partial charge in [-0.2, -0.15) is 0 Å². The van der Waals surface area contributed by atoms with Crippen molar-refractivity contribution in [2.24, 2.45) is 5.92 Å². The second kappa shape index (κ2) is 7.65. The molecule has 0 spiro atoms. The van der Waals surface area contributed by atoms with Crippen molar-refractivity contribution in [2.75, 3.05) is 13.2 Å². The van der Waals surface area contributed by atoms with E-state index in [1.165, 1.54) is 20.8 Å². The molecular formula is C11H18O6. The smallest absolute Gasteiger partial charge is 0.303 e. The van der Waals surface area contributed by atoms with Crippen molar-refractivity contribution in [1.82, 2.24) is 0 Å². The summed E-state index contributed by atoms with van der Waals surface area (Å²) in [5.41, 5.74) is 0. The third-order valence-electron chi connectivity index (χ3n) is 1.95. The monoisotopic (exact) mass is 246 g/mol. The molecule has 0 unspecified atom stereocenters. The normalized spacial score (nSPS) is 13.4. The van der Waals surface area contributed by atoms with Gasteiger partial charge in [0.2, 0.25) is 0 Å². The summed E-state index contributed by atoms with van der Waals surface area (Å²) in [5.74, 6) is -1.59. The van der Waals surface area contributed by atoms with Gasteiger partial charge in [0, 0.05) is 26.7 Å². The summed E-state index contributed by atoms with van der Waals surface area (Å²) in [6.45, 7) is 5.62. The molecule has 0 aliphatic carbocycles. The molecule has 6 heteroatoms. The van der Waals surface area contributed by atoms with Crippen LogP contribution in [0.5, 0.6) is 0 Å². The number of rotatable bonds is 6. The summed E-state index contributed by atoms with van der Waals surface area (Å²) < 4.78 is 14.6. The van der Waals surface area contributed by atoms with Crippen LogP contribution < -0.4 is 0 Å². The largest absolute Gasteiger partial charge is 0.465 e. The number of hydrogen-bond donors (Lipinski definition) is 0. The number of esters is 3. The van der Waals surface area contributed by atoms with Crippen molar-refractivity contribution in [2.45, 2.75) is 33.8 Å². The minimum atomic E-state index is -0.615. The third-order valence-corrected chi connectivity index (χ3v) is 1.95. The maximum Gasteiger partial charge on any atom is 0.303 e. The Morgan fingerprint density at radius 3 is 1.76 bits per heavy atom. The van der Waals surface area contributed by atoms with Gasteiger partial charge in [-0.1, -0.05) is 6.92 Å². The fraction of sp³-hybridized carbons (Fsp3) is 0.727. The Morgan fingerprint density at radius 2 is 1.35 bits per heavy atom. The molecule has 0 N–H and O–H groups in total. The molecule has 0 aliphatic heterocycles. The van der Waals surface area contributed by atoms with E-state index in [0.717, 1.165) is 0 Å². The fourth-order valence-corrected chi connectivity index (χ4v) is 1.08. The summed E-state index contributed by atoms with van der Waals surface area (Å²) in [4.78, 5) is 32.2. The van der Waals surface area contributed by atoms with Crippen LogP contribution in [0.4, 0.5) is 0 Å². The number of hydrogen-bond acceptors (Lipinski definition) is 6. The predicted octanol–water partition coefficient (Wildman–Crippen LogP) is 0.680. The Labute approximate surface area is 100 Å². The molecule has 0 fully saturated rings. The molecular weight excluding hydrogens is 228 g/mol. The molecule has 0 amide bonds. The maximum atomic E-state index is 10.9. The van der Waals surface area contributed by atoms with Crippen molar-refractivity contribution in [1.29, 1.82) is 0 Å². The summed E-state index contributed by atoms with van der Waals surface area (Å²) in [6.07, 6.45) is -0.615. The second-order valence-corrected chi connectivity index (χ2v) is 3.73. The molecule has 0 aromatic rings. The number of carbonyl (C=O) groups is 3. The van der Waals surface area contributed by atoms with Crippen LogP contribution in [0.25, 0.3) is 0 Å². The highest BCUT2D eigenvalue weighted by Crippen LogP contribution is 2.10. The number of ether oxygens (including phenoxy) is 3. The van der Waals surface area contributed by atoms with Gasteiger partial charge in [0.25, 0.3) is 0 Å². The summed E-state index contributed by atoms with van der Waals surface area (Å²) in [6, 6.07) is 0. The zero-order valence-electron chi connectivity index (χ0n) is 10.5. The summed E-state index contributed by atoms with van der Waals surface area (Å²) in [7, 11) is 0. The molecule has 98 valence electrons. The lowest BCUT2D eigenvalue weighted by Gasteiger charge is -2.22. The average Bonchev–Trinajstić information content (AvgIpc) is 2.19. The van der Waals surface area contributed by atoms with Crippen molar-refractivity contribution >= 4 is 17.9 Å². The quantitative estimate of drug-likeness (QED) is 0.506. The van der Waals surface area contributed by atoms with E-state index in [-0.39, 0.29) is 19.1 Å². The third kappa shape index (κ3) is 8.24. The van der Waals surface area contributed by atoms with Crippen molar-refractivity contribution < 1.29 is 28.6 Å². The zero-order valence-corrected chi connectivity index (χ0v) is 10.5. The maximum absolute atomic E-state index is 10.9. The first-order valence-electron chi connectivity index (χ1n) is 5.26. The Kier molecular flexibility index (Phi) is 6.93. The van der Waals surface area contributed by atoms with Gasteiger partial charge < -0.3 is 14.2 Å². The molecule has 0 saturated carbocycles. The molecule has 0 aromatic heterocycles. The highest BCUT2D eigenvalue weighted by Gasteiger charge is 2.22. The highest BCUT2D eigenvalue weighted by atomic mass is 16.6. The van der Waals surface area contributed by atoms with Gasteiger partial charge in [0.05, 0.1) is 6.61 Å². The first-order chi connectivity index (χ1) is 7.82. The van der Waals surface area contributed by atoms with Crippen LogP contribution in [-0.4, -0.2) is 37.2 Å². The zero-order chi connectivity index (χ0) is 13.4. The fourth-order valence-electron chi connectivity index (χ4n) is 1.08. The van der Waals surface area contributed by atoms with Gasteiger partial charge in [-0.15, -0.1) is 0 Å². The van der Waals surface area contributed by atoms with E-state index in [1.807, 2.05) is 0 Å². The SMILES string of the molecule is CC(=O)OC[C@@H](C)[C@@H](COC(C)=O)OC(C)=O. The molecule has 0 heterocycles. The van der Waals surface area contributed by atoms with Crippen LogP contribution in [-0.2, 0) is 28.6 Å². The molecule has 2 atom stereocenters. The summed E-state index contributed by atoms with van der Waals surface area (Å²) in [5, 5.41) is 0. The van der Waals surface area contributed by atoms with E-state index in [1.54, 1.807) is 6.92 Å². The van der Waals surface area contributed by atoms with E-state index in [4.69, 9.17) is 14.2 Å². The van der Waals surface area contributed by atoms with Gasteiger partial charge in [-0.05, 0) is 0 Å². The van der Waals surface area contributed by atoms with Crippen LogP contribution >= 0.6 is 0 Å². The minimum absolute atomic E-state index is 0.0443. The molecule has 6 nitrogen and oxygen atoms in total. The van der Waals surface area contributed by atoms with E-state index in [9.17, 15) is 14.4 Å². The van der Waals surface area contributed by atoms with Gasteiger partial charge in [0.15, 0.2) is 0 Å². The molecule has 0 saturated heterocycles. The minimum Gasteiger partial charge on any atom is -0.465 e. The predicted molar refractivity (Wildman–Crippen MR) is 58.0 cm³/mol. The van der Waals surface area contributed by atoms with Crippen molar-refractivity contribution in [3.8, 4) is 0 Å². The molecule has 0 radical (unpaired) electrons. The van der Waals surface area contributed by atoms with Crippen molar-refractivity contribution in [3.05, 3.63) is 0 Å². The van der Waals surface area contributed by atoms with Crippen LogP contribution in [0.15, 0.2) is 0 Å². The van der Waals surface area contributed by atoms with Crippen molar-refractivity contribution in [3.63, 3.8) is 0 Å². The van der Waals surface area contributed by atoms with Crippen LogP contribution in [0.2, 0.25) is 0 Å². The lowest BCUT2D eigenvalue weighted by atomic mass is 10.1. The molecule has 17 heavy (non-hydrogen) atoms. The Morgan fingerprint density at radius 1 is 0.882 bits per heavy atom. The van der Waals surface area contributed by atoms with Gasteiger partial charge in [0.1, 0.15) is 12.7 Å². The van der Waals surface area contributed by atoms with Crippen LogP contribution in [0, 0.1) is 5.92 Å². The van der Waals surface area contributed by atoms with Crippen LogP contribution in [0.3, 0.4) is 0 Å². The summed E-state index contributed by atoms with van der Waals surface area (Å²) >= 11 is 0. The molecule has 0 aliphatic rings. The first kappa shape index (κ1) is 15.4. The lowest BCUT2D eigenvalue weighted by Crippen LogP contribution is -2.33. The van der Waals surface area contributed by atoms with E-state index in [0.29, 0.717) is 0 Å². The number of carbonyl (C=O) groups excluding carboxylic acids is 3. The second-order valence-electron chi connectivity index (χ2n) is 3.73. The van der Waals surface area contributed by atoms with Gasteiger partial charge in [-0.25, -0.2) is 0 Å². The van der Waals surface area contributed by atoms with E-state index >= 15 is 0 Å². The first-order valence-corrected chi connectivity index (χ1v) is 5.26.